The Morgan fingerprint density at radius 3 is 2.44 bits per heavy atom. The molecule has 0 N–H and O–H groups in total. The maximum Gasteiger partial charge on any atom is 0.247 e. The number of carbonyl (C=O) groups is 1. The fourth-order valence-corrected chi connectivity index (χ4v) is 3.05. The molecule has 2 aromatic heterocycles. The van der Waals surface area contributed by atoms with Crippen molar-refractivity contribution >= 4 is 17.3 Å². The maximum atomic E-state index is 13.0. The Kier molecular flexibility index (Phi) is 3.21. The van der Waals surface area contributed by atoms with Crippen molar-refractivity contribution in [3.05, 3.63) is 47.9 Å². The van der Waals surface area contributed by atoms with E-state index in [1.807, 2.05) is 39.0 Å². The lowest BCUT2D eigenvalue weighted by Crippen LogP contribution is -2.33. The van der Waals surface area contributed by atoms with Crippen LogP contribution >= 0.6 is 0 Å². The number of aromatic nitrogens is 4. The lowest BCUT2D eigenvalue weighted by Gasteiger charge is -2.19. The van der Waals surface area contributed by atoms with Gasteiger partial charge in [0.15, 0.2) is 0 Å². The number of benzene rings is 1. The minimum atomic E-state index is -0.635. The fourth-order valence-electron chi connectivity index (χ4n) is 3.05. The Morgan fingerprint density at radius 2 is 1.80 bits per heavy atom. The summed E-state index contributed by atoms with van der Waals surface area (Å²) in [4.78, 5) is 23.1. The zero-order valence-corrected chi connectivity index (χ0v) is 14.4. The van der Waals surface area contributed by atoms with Crippen molar-refractivity contribution in [2.75, 3.05) is 4.90 Å². The summed E-state index contributed by atoms with van der Waals surface area (Å²) in [6.45, 7) is 7.38. The second kappa shape index (κ2) is 5.20. The normalized spacial score (nSPS) is 15.5. The molecule has 0 aliphatic carbocycles. The van der Waals surface area contributed by atoms with Crippen LogP contribution in [0.1, 0.15) is 31.1 Å². The molecule has 1 amide bonds. The maximum absolute atomic E-state index is 13.0. The number of anilines is 2. The summed E-state index contributed by atoms with van der Waals surface area (Å²) in [5, 5.41) is 7.93. The molecule has 0 spiro atoms. The molecular weight excluding hydrogens is 318 g/mol. The SMILES string of the molecule is Cc1ncc(N2C(=O)C(C)(C)c3ccc(-c4nnc(C)o4)cc32)cn1. The van der Waals surface area contributed by atoms with Gasteiger partial charge in [-0.1, -0.05) is 6.07 Å². The van der Waals surface area contributed by atoms with Crippen molar-refractivity contribution in [2.45, 2.75) is 33.1 Å². The highest BCUT2D eigenvalue weighted by Gasteiger charge is 2.45. The summed E-state index contributed by atoms with van der Waals surface area (Å²) in [5.41, 5.74) is 2.50. The van der Waals surface area contributed by atoms with Crippen molar-refractivity contribution in [1.29, 1.82) is 0 Å². The summed E-state index contributed by atoms with van der Waals surface area (Å²) < 4.78 is 5.51. The second-order valence-corrected chi connectivity index (χ2v) is 6.61. The Balaban J connectivity index is 1.89. The summed E-state index contributed by atoms with van der Waals surface area (Å²) in [6, 6.07) is 5.74. The number of aryl methyl sites for hydroxylation is 2. The lowest BCUT2D eigenvalue weighted by molar-refractivity contribution is -0.121. The molecule has 0 atom stereocenters. The van der Waals surface area contributed by atoms with E-state index < -0.39 is 5.41 Å². The molecule has 0 unspecified atom stereocenters. The van der Waals surface area contributed by atoms with Crippen molar-refractivity contribution in [3.63, 3.8) is 0 Å². The van der Waals surface area contributed by atoms with E-state index in [2.05, 4.69) is 20.2 Å². The summed E-state index contributed by atoms with van der Waals surface area (Å²) in [5.74, 6) is 1.56. The van der Waals surface area contributed by atoms with Crippen LogP contribution in [0.25, 0.3) is 11.5 Å². The number of fused-ring (bicyclic) bond motifs is 1. The number of hydrogen-bond donors (Lipinski definition) is 0. The van der Waals surface area contributed by atoms with E-state index in [4.69, 9.17) is 4.42 Å². The van der Waals surface area contributed by atoms with Gasteiger partial charge in [0.05, 0.1) is 29.2 Å². The molecule has 1 aromatic carbocycles. The van der Waals surface area contributed by atoms with Crippen LogP contribution in [-0.2, 0) is 10.2 Å². The molecule has 0 saturated carbocycles. The van der Waals surface area contributed by atoms with E-state index in [1.165, 1.54) is 0 Å². The summed E-state index contributed by atoms with van der Waals surface area (Å²) in [7, 11) is 0. The number of carbonyl (C=O) groups excluding carboxylic acids is 1. The molecule has 3 heterocycles. The number of amides is 1. The minimum Gasteiger partial charge on any atom is -0.421 e. The van der Waals surface area contributed by atoms with E-state index in [0.717, 1.165) is 16.8 Å². The van der Waals surface area contributed by atoms with E-state index in [1.54, 1.807) is 24.2 Å². The molecule has 7 heteroatoms. The van der Waals surface area contributed by atoms with E-state index in [0.29, 0.717) is 23.3 Å². The molecule has 1 aliphatic rings. The Hall–Kier alpha value is -3.09. The molecule has 7 nitrogen and oxygen atoms in total. The van der Waals surface area contributed by atoms with Crippen molar-refractivity contribution in [3.8, 4) is 11.5 Å². The van der Waals surface area contributed by atoms with E-state index >= 15 is 0 Å². The third-order valence-electron chi connectivity index (χ3n) is 4.45. The fraction of sp³-hybridized carbons (Fsp3) is 0.278. The van der Waals surface area contributed by atoms with Crippen LogP contribution in [0.3, 0.4) is 0 Å². The van der Waals surface area contributed by atoms with Crippen LogP contribution in [0, 0.1) is 13.8 Å². The molecule has 25 heavy (non-hydrogen) atoms. The first-order chi connectivity index (χ1) is 11.9. The summed E-state index contributed by atoms with van der Waals surface area (Å²) in [6.07, 6.45) is 3.32. The molecule has 3 aromatic rings. The Labute approximate surface area is 144 Å². The molecule has 0 saturated heterocycles. The van der Waals surface area contributed by atoms with Gasteiger partial charge in [0.1, 0.15) is 5.82 Å². The third kappa shape index (κ3) is 2.31. The first-order valence-electron chi connectivity index (χ1n) is 7.96. The molecular formula is C18H17N5O2. The Morgan fingerprint density at radius 1 is 1.08 bits per heavy atom. The smallest absolute Gasteiger partial charge is 0.247 e. The topological polar surface area (TPSA) is 85.0 Å². The quantitative estimate of drug-likeness (QED) is 0.715. The zero-order chi connectivity index (χ0) is 17.8. The predicted molar refractivity (Wildman–Crippen MR) is 91.4 cm³/mol. The van der Waals surface area contributed by atoms with Gasteiger partial charge in [0, 0.05) is 12.5 Å². The first kappa shape index (κ1) is 15.4. The van der Waals surface area contributed by atoms with Gasteiger partial charge in [-0.25, -0.2) is 9.97 Å². The highest BCUT2D eigenvalue weighted by molar-refractivity contribution is 6.12. The van der Waals surface area contributed by atoms with Crippen molar-refractivity contribution in [1.82, 2.24) is 20.2 Å². The van der Waals surface area contributed by atoms with Gasteiger partial charge in [-0.3, -0.25) is 9.69 Å². The van der Waals surface area contributed by atoms with E-state index in [-0.39, 0.29) is 5.91 Å². The van der Waals surface area contributed by atoms with Gasteiger partial charge in [0.25, 0.3) is 0 Å². The standard InChI is InChI=1S/C18H17N5O2/c1-10-19-8-13(9-20-10)23-15-7-12(16-22-21-11(2)25-16)5-6-14(15)18(3,4)17(23)24/h5-9H,1-4H3. The molecule has 0 radical (unpaired) electrons. The third-order valence-corrected chi connectivity index (χ3v) is 4.45. The largest absolute Gasteiger partial charge is 0.421 e. The van der Waals surface area contributed by atoms with E-state index in [9.17, 15) is 4.79 Å². The highest BCUT2D eigenvalue weighted by atomic mass is 16.4. The first-order valence-corrected chi connectivity index (χ1v) is 7.96. The average Bonchev–Trinajstić information content (AvgIpc) is 3.10. The van der Waals surface area contributed by atoms with Crippen molar-refractivity contribution < 1.29 is 9.21 Å². The zero-order valence-electron chi connectivity index (χ0n) is 14.4. The highest BCUT2D eigenvalue weighted by Crippen LogP contribution is 2.46. The van der Waals surface area contributed by atoms with Crippen LogP contribution < -0.4 is 4.90 Å². The monoisotopic (exact) mass is 335 g/mol. The minimum absolute atomic E-state index is 0.0196. The number of hydrogen-bond acceptors (Lipinski definition) is 6. The molecule has 4 rings (SSSR count). The van der Waals surface area contributed by atoms with Crippen LogP contribution in [0.15, 0.2) is 35.0 Å². The van der Waals surface area contributed by atoms with Crippen LogP contribution in [0.2, 0.25) is 0 Å². The number of rotatable bonds is 2. The van der Waals surface area contributed by atoms with Gasteiger partial charge in [-0.15, -0.1) is 10.2 Å². The van der Waals surface area contributed by atoms with Gasteiger partial charge in [-0.2, -0.15) is 0 Å². The van der Waals surface area contributed by atoms with Crippen LogP contribution in [-0.4, -0.2) is 26.1 Å². The predicted octanol–water partition coefficient (Wildman–Crippen LogP) is 3.10. The summed E-state index contributed by atoms with van der Waals surface area (Å²) >= 11 is 0. The van der Waals surface area contributed by atoms with Crippen LogP contribution in [0.5, 0.6) is 0 Å². The Bertz CT molecular complexity index is 975. The van der Waals surface area contributed by atoms with Gasteiger partial charge in [0.2, 0.25) is 17.7 Å². The molecule has 1 aliphatic heterocycles. The van der Waals surface area contributed by atoms with Gasteiger partial charge in [-0.05, 0) is 38.5 Å². The average molecular weight is 335 g/mol. The number of nitrogens with zero attached hydrogens (tertiary/aromatic N) is 5. The lowest BCUT2D eigenvalue weighted by atomic mass is 9.86. The van der Waals surface area contributed by atoms with Crippen molar-refractivity contribution in [2.24, 2.45) is 0 Å². The molecule has 0 bridgehead atoms. The van der Waals surface area contributed by atoms with Crippen LogP contribution in [0.4, 0.5) is 11.4 Å². The molecule has 126 valence electrons. The van der Waals surface area contributed by atoms with Gasteiger partial charge < -0.3 is 4.42 Å². The van der Waals surface area contributed by atoms with Gasteiger partial charge >= 0.3 is 0 Å². The second-order valence-electron chi connectivity index (χ2n) is 6.61. The molecule has 0 fully saturated rings.